The lowest BCUT2D eigenvalue weighted by Gasteiger charge is -2.25. The van der Waals surface area contributed by atoms with Crippen LogP contribution in [0.2, 0.25) is 0 Å². The van der Waals surface area contributed by atoms with Crippen molar-refractivity contribution in [3.8, 4) is 0 Å². The molecule has 0 aromatic heterocycles. The van der Waals surface area contributed by atoms with Crippen LogP contribution in [0, 0.1) is 0 Å². The number of unbranched alkanes of at least 4 members (excludes halogenated alkanes) is 2. The van der Waals surface area contributed by atoms with Gasteiger partial charge < -0.3 is 14.2 Å². The summed E-state index contributed by atoms with van der Waals surface area (Å²) in [5.41, 5.74) is -0.980. The van der Waals surface area contributed by atoms with E-state index in [1.165, 1.54) is 7.11 Å². The average Bonchev–Trinajstić information content (AvgIpc) is 2.49. The Morgan fingerprint density at radius 3 is 2.47 bits per heavy atom. The molecule has 4 nitrogen and oxygen atoms in total. The second-order valence-corrected chi connectivity index (χ2v) is 5.20. The Hall–Kier alpha value is -0.610. The standard InChI is InChI=1S/C13H24O4/c1-6-7-8-9-10-13(4,11(14)15-5)17-12(2,3)16-10/h10H,6-9H2,1-5H3/t10-,13+/m1/s1. The molecule has 1 heterocycles. The Morgan fingerprint density at radius 1 is 1.29 bits per heavy atom. The van der Waals surface area contributed by atoms with Crippen molar-refractivity contribution in [1.82, 2.24) is 0 Å². The number of carbonyl (C=O) groups is 1. The number of esters is 1. The minimum atomic E-state index is -0.980. The quantitative estimate of drug-likeness (QED) is 0.551. The molecule has 0 spiro atoms. The molecule has 17 heavy (non-hydrogen) atoms. The van der Waals surface area contributed by atoms with Crippen molar-refractivity contribution in [2.75, 3.05) is 7.11 Å². The lowest BCUT2D eigenvalue weighted by atomic mass is 9.94. The van der Waals surface area contributed by atoms with Gasteiger partial charge in [0.15, 0.2) is 11.4 Å². The molecular formula is C13H24O4. The molecule has 0 aliphatic carbocycles. The Morgan fingerprint density at radius 2 is 1.94 bits per heavy atom. The first-order valence-electron chi connectivity index (χ1n) is 6.32. The van der Waals surface area contributed by atoms with Gasteiger partial charge in [0.1, 0.15) is 6.10 Å². The zero-order chi connectivity index (χ0) is 13.1. The van der Waals surface area contributed by atoms with E-state index in [1.54, 1.807) is 6.92 Å². The van der Waals surface area contributed by atoms with E-state index < -0.39 is 11.4 Å². The summed E-state index contributed by atoms with van der Waals surface area (Å²) in [6.45, 7) is 7.56. The number of hydrogen-bond donors (Lipinski definition) is 0. The number of hydrogen-bond acceptors (Lipinski definition) is 4. The fraction of sp³-hybridized carbons (Fsp3) is 0.923. The van der Waals surface area contributed by atoms with Crippen LogP contribution in [0.15, 0.2) is 0 Å². The van der Waals surface area contributed by atoms with Crippen LogP contribution >= 0.6 is 0 Å². The number of ether oxygens (including phenoxy) is 3. The third-order valence-corrected chi connectivity index (χ3v) is 3.16. The molecule has 1 fully saturated rings. The molecule has 0 aromatic rings. The molecular weight excluding hydrogens is 220 g/mol. The molecule has 1 rings (SSSR count). The second-order valence-electron chi connectivity index (χ2n) is 5.20. The van der Waals surface area contributed by atoms with Crippen molar-refractivity contribution in [2.45, 2.75) is 70.9 Å². The largest absolute Gasteiger partial charge is 0.467 e. The van der Waals surface area contributed by atoms with Crippen LogP contribution in [0.3, 0.4) is 0 Å². The Labute approximate surface area is 104 Å². The highest BCUT2D eigenvalue weighted by molar-refractivity contribution is 5.80. The summed E-state index contributed by atoms with van der Waals surface area (Å²) in [6.07, 6.45) is 3.91. The van der Waals surface area contributed by atoms with Gasteiger partial charge in [0.05, 0.1) is 7.11 Å². The van der Waals surface area contributed by atoms with Crippen molar-refractivity contribution in [3.05, 3.63) is 0 Å². The molecule has 2 atom stereocenters. The van der Waals surface area contributed by atoms with Gasteiger partial charge in [-0.3, -0.25) is 0 Å². The van der Waals surface area contributed by atoms with Gasteiger partial charge in [-0.15, -0.1) is 0 Å². The normalized spacial score (nSPS) is 31.5. The lowest BCUT2D eigenvalue weighted by Crippen LogP contribution is -2.46. The van der Waals surface area contributed by atoms with E-state index in [9.17, 15) is 4.79 Å². The maximum Gasteiger partial charge on any atom is 0.340 e. The molecule has 0 N–H and O–H groups in total. The minimum Gasteiger partial charge on any atom is -0.467 e. The van der Waals surface area contributed by atoms with E-state index in [-0.39, 0.29) is 12.1 Å². The third-order valence-electron chi connectivity index (χ3n) is 3.16. The van der Waals surface area contributed by atoms with Crippen molar-refractivity contribution < 1.29 is 19.0 Å². The van der Waals surface area contributed by atoms with E-state index in [4.69, 9.17) is 14.2 Å². The second kappa shape index (κ2) is 5.36. The fourth-order valence-corrected chi connectivity index (χ4v) is 2.35. The van der Waals surface area contributed by atoms with E-state index in [2.05, 4.69) is 6.92 Å². The monoisotopic (exact) mass is 244 g/mol. The first-order valence-corrected chi connectivity index (χ1v) is 6.32. The van der Waals surface area contributed by atoms with Gasteiger partial charge in [0.25, 0.3) is 0 Å². The molecule has 0 unspecified atom stereocenters. The summed E-state index contributed by atoms with van der Waals surface area (Å²) in [7, 11) is 1.38. The smallest absolute Gasteiger partial charge is 0.340 e. The minimum absolute atomic E-state index is 0.225. The van der Waals surface area contributed by atoms with Crippen LogP contribution in [0.25, 0.3) is 0 Å². The maximum absolute atomic E-state index is 11.8. The summed E-state index contributed by atoms with van der Waals surface area (Å²) in [5.74, 6) is -1.08. The summed E-state index contributed by atoms with van der Waals surface area (Å²) in [4.78, 5) is 11.8. The zero-order valence-electron chi connectivity index (χ0n) is 11.5. The maximum atomic E-state index is 11.8. The van der Waals surface area contributed by atoms with E-state index in [1.807, 2.05) is 13.8 Å². The van der Waals surface area contributed by atoms with Gasteiger partial charge >= 0.3 is 5.97 Å². The first-order chi connectivity index (χ1) is 7.85. The molecule has 100 valence electrons. The predicted molar refractivity (Wildman–Crippen MR) is 64.6 cm³/mol. The van der Waals surface area contributed by atoms with Crippen molar-refractivity contribution in [3.63, 3.8) is 0 Å². The van der Waals surface area contributed by atoms with Crippen LogP contribution in [0.1, 0.15) is 53.4 Å². The van der Waals surface area contributed by atoms with Gasteiger partial charge in [-0.25, -0.2) is 4.79 Å². The third kappa shape index (κ3) is 3.19. The van der Waals surface area contributed by atoms with Gasteiger partial charge in [0, 0.05) is 0 Å². The summed E-state index contributed by atoms with van der Waals surface area (Å²) < 4.78 is 16.4. The molecule has 0 saturated carbocycles. The number of carbonyl (C=O) groups excluding carboxylic acids is 1. The van der Waals surface area contributed by atoms with Crippen LogP contribution < -0.4 is 0 Å². The van der Waals surface area contributed by atoms with Gasteiger partial charge in [-0.05, 0) is 27.2 Å². The lowest BCUT2D eigenvalue weighted by molar-refractivity contribution is -0.184. The SMILES string of the molecule is CCCCC[C@H]1OC(C)(C)O[C@]1(C)C(=O)OC. The Balaban J connectivity index is 2.74. The summed E-state index contributed by atoms with van der Waals surface area (Å²) in [5, 5.41) is 0. The fourth-order valence-electron chi connectivity index (χ4n) is 2.35. The molecule has 4 heteroatoms. The van der Waals surface area contributed by atoms with E-state index in [0.717, 1.165) is 25.7 Å². The molecule has 1 saturated heterocycles. The van der Waals surface area contributed by atoms with E-state index >= 15 is 0 Å². The molecule has 1 aliphatic rings. The van der Waals surface area contributed by atoms with Crippen LogP contribution in [-0.2, 0) is 19.0 Å². The van der Waals surface area contributed by atoms with Crippen LogP contribution in [0.4, 0.5) is 0 Å². The average molecular weight is 244 g/mol. The molecule has 0 amide bonds. The molecule has 1 aliphatic heterocycles. The van der Waals surface area contributed by atoms with Gasteiger partial charge in [-0.1, -0.05) is 26.2 Å². The zero-order valence-corrected chi connectivity index (χ0v) is 11.5. The molecule has 0 bridgehead atoms. The molecule has 0 radical (unpaired) electrons. The van der Waals surface area contributed by atoms with E-state index in [0.29, 0.717) is 0 Å². The highest BCUT2D eigenvalue weighted by Crippen LogP contribution is 2.39. The molecule has 0 aromatic carbocycles. The van der Waals surface area contributed by atoms with Crippen molar-refractivity contribution in [1.29, 1.82) is 0 Å². The Bertz CT molecular complexity index is 275. The van der Waals surface area contributed by atoms with Gasteiger partial charge in [0.2, 0.25) is 0 Å². The highest BCUT2D eigenvalue weighted by atomic mass is 16.8. The topological polar surface area (TPSA) is 44.8 Å². The Kier molecular flexibility index (Phi) is 4.55. The van der Waals surface area contributed by atoms with Crippen LogP contribution in [0.5, 0.6) is 0 Å². The predicted octanol–water partition coefficient (Wildman–Crippen LogP) is 2.65. The summed E-state index contributed by atoms with van der Waals surface area (Å²) >= 11 is 0. The number of rotatable bonds is 5. The van der Waals surface area contributed by atoms with Crippen LogP contribution in [-0.4, -0.2) is 30.6 Å². The number of methoxy groups -OCH3 is 1. The van der Waals surface area contributed by atoms with Crippen molar-refractivity contribution in [2.24, 2.45) is 0 Å². The van der Waals surface area contributed by atoms with Crippen molar-refractivity contribution >= 4 is 5.97 Å². The first kappa shape index (κ1) is 14.5. The summed E-state index contributed by atoms with van der Waals surface area (Å²) in [6, 6.07) is 0. The highest BCUT2D eigenvalue weighted by Gasteiger charge is 2.55. The van der Waals surface area contributed by atoms with Gasteiger partial charge in [-0.2, -0.15) is 0 Å².